The zero-order valence-electron chi connectivity index (χ0n) is 22.6. The number of benzene rings is 2. The van der Waals surface area contributed by atoms with E-state index in [0.717, 1.165) is 5.56 Å². The molecule has 9 nitrogen and oxygen atoms in total. The van der Waals surface area contributed by atoms with Gasteiger partial charge in [-0.1, -0.05) is 42.5 Å². The fraction of sp³-hybridized carbons (Fsp3) is 0.379. The van der Waals surface area contributed by atoms with Gasteiger partial charge in [0.15, 0.2) is 6.10 Å². The molecule has 0 saturated carbocycles. The van der Waals surface area contributed by atoms with Crippen molar-refractivity contribution in [1.29, 1.82) is 0 Å². The van der Waals surface area contributed by atoms with E-state index in [1.807, 2.05) is 44.2 Å². The van der Waals surface area contributed by atoms with E-state index in [1.54, 1.807) is 31.2 Å². The van der Waals surface area contributed by atoms with E-state index in [-0.39, 0.29) is 36.1 Å². The summed E-state index contributed by atoms with van der Waals surface area (Å²) in [4.78, 5) is 52.9. The number of hydrogen-bond acceptors (Lipinski definition) is 7. The van der Waals surface area contributed by atoms with Gasteiger partial charge in [-0.15, -0.1) is 18.3 Å². The van der Waals surface area contributed by atoms with Gasteiger partial charge in [-0.05, 0) is 44.9 Å². The molecule has 2 aromatic rings. The van der Waals surface area contributed by atoms with Gasteiger partial charge >= 0.3 is 5.97 Å². The van der Waals surface area contributed by atoms with Crippen molar-refractivity contribution in [2.75, 3.05) is 12.4 Å². The van der Waals surface area contributed by atoms with Crippen LogP contribution < -0.4 is 15.4 Å². The standard InChI is InChI=1S/C29H35N3O6S/c1-6-15-30-27(36)25-29(4,5)39-17-32(25)28(37)24(34)22(16-20-11-8-7-9-12-20)31-26(35)21-13-10-14-23(18(21)2)38-19(3)33/h6-14,22,24-25,34H,1,15-17H2,2-5H3,(H,30,36)(H,31,35)/t22-,24-,25?/m0/s1. The summed E-state index contributed by atoms with van der Waals surface area (Å²) < 4.78 is 4.61. The number of nitrogens with one attached hydrogen (secondary N) is 2. The van der Waals surface area contributed by atoms with Gasteiger partial charge in [-0.3, -0.25) is 19.2 Å². The summed E-state index contributed by atoms with van der Waals surface area (Å²) >= 11 is 1.44. The molecule has 1 fully saturated rings. The van der Waals surface area contributed by atoms with E-state index in [2.05, 4.69) is 17.2 Å². The van der Waals surface area contributed by atoms with Crippen molar-refractivity contribution in [1.82, 2.24) is 15.5 Å². The van der Waals surface area contributed by atoms with Crippen LogP contribution in [0.5, 0.6) is 5.75 Å². The molecule has 1 saturated heterocycles. The van der Waals surface area contributed by atoms with Crippen LogP contribution in [0.15, 0.2) is 61.2 Å². The summed E-state index contributed by atoms with van der Waals surface area (Å²) in [5.74, 6) is -1.59. The van der Waals surface area contributed by atoms with Crippen LogP contribution in [0.3, 0.4) is 0 Å². The zero-order valence-corrected chi connectivity index (χ0v) is 23.4. The van der Waals surface area contributed by atoms with Crippen LogP contribution in [-0.4, -0.2) is 69.1 Å². The number of amides is 3. The third-order valence-corrected chi connectivity index (χ3v) is 7.90. The Kier molecular flexibility index (Phi) is 9.93. The molecule has 3 amide bonds. The average molecular weight is 554 g/mol. The van der Waals surface area contributed by atoms with Crippen molar-refractivity contribution < 1.29 is 29.0 Å². The van der Waals surface area contributed by atoms with E-state index in [4.69, 9.17) is 4.74 Å². The maximum Gasteiger partial charge on any atom is 0.308 e. The van der Waals surface area contributed by atoms with Crippen molar-refractivity contribution in [2.24, 2.45) is 0 Å². The van der Waals surface area contributed by atoms with Gasteiger partial charge in [0.05, 0.1) is 11.9 Å². The van der Waals surface area contributed by atoms with Gasteiger partial charge in [0.1, 0.15) is 11.8 Å². The average Bonchev–Trinajstić information content (AvgIpc) is 3.22. The summed E-state index contributed by atoms with van der Waals surface area (Å²) in [5, 5.41) is 16.9. The fourth-order valence-electron chi connectivity index (χ4n) is 4.51. The largest absolute Gasteiger partial charge is 0.426 e. The monoisotopic (exact) mass is 553 g/mol. The minimum absolute atomic E-state index is 0.167. The van der Waals surface area contributed by atoms with Crippen molar-refractivity contribution in [3.05, 3.63) is 77.9 Å². The lowest BCUT2D eigenvalue weighted by Gasteiger charge is -2.33. The highest BCUT2D eigenvalue weighted by molar-refractivity contribution is 8.00. The highest BCUT2D eigenvalue weighted by Crippen LogP contribution is 2.39. The van der Waals surface area contributed by atoms with E-state index < -0.39 is 40.7 Å². The molecular weight excluding hydrogens is 518 g/mol. The summed E-state index contributed by atoms with van der Waals surface area (Å²) in [6.07, 6.45) is 0.0906. The Bertz CT molecular complexity index is 1230. The molecule has 1 heterocycles. The number of thioether (sulfide) groups is 1. The first-order valence-corrected chi connectivity index (χ1v) is 13.6. The van der Waals surface area contributed by atoms with Gasteiger partial charge in [-0.2, -0.15) is 0 Å². The number of hydrogen-bond donors (Lipinski definition) is 3. The molecule has 0 radical (unpaired) electrons. The summed E-state index contributed by atoms with van der Waals surface area (Å²) in [5.41, 5.74) is 1.49. The van der Waals surface area contributed by atoms with E-state index in [0.29, 0.717) is 5.56 Å². The molecule has 1 aliphatic rings. The van der Waals surface area contributed by atoms with Crippen LogP contribution >= 0.6 is 11.8 Å². The topological polar surface area (TPSA) is 125 Å². The Morgan fingerprint density at radius 2 is 1.87 bits per heavy atom. The number of rotatable bonds is 10. The van der Waals surface area contributed by atoms with Gasteiger partial charge < -0.3 is 25.4 Å². The van der Waals surface area contributed by atoms with Crippen LogP contribution in [0, 0.1) is 6.92 Å². The molecule has 3 atom stereocenters. The Hall–Kier alpha value is -3.63. The molecule has 1 unspecified atom stereocenters. The Morgan fingerprint density at radius 1 is 1.18 bits per heavy atom. The van der Waals surface area contributed by atoms with Crippen LogP contribution in [0.2, 0.25) is 0 Å². The first-order chi connectivity index (χ1) is 18.5. The molecule has 0 spiro atoms. The maximum atomic E-state index is 13.7. The molecule has 39 heavy (non-hydrogen) atoms. The number of carbonyl (C=O) groups excluding carboxylic acids is 4. The molecule has 0 aliphatic carbocycles. The number of aliphatic hydroxyl groups is 1. The molecule has 208 valence electrons. The Labute approximate surface area is 233 Å². The highest BCUT2D eigenvalue weighted by atomic mass is 32.2. The second kappa shape index (κ2) is 12.9. The van der Waals surface area contributed by atoms with Crippen molar-refractivity contribution in [2.45, 2.75) is 57.1 Å². The molecule has 0 aromatic heterocycles. The van der Waals surface area contributed by atoms with Crippen molar-refractivity contribution in [3.8, 4) is 5.75 Å². The number of esters is 1. The Morgan fingerprint density at radius 3 is 2.51 bits per heavy atom. The summed E-state index contributed by atoms with van der Waals surface area (Å²) in [6, 6.07) is 12.1. The number of nitrogens with zero attached hydrogens (tertiary/aromatic N) is 1. The predicted octanol–water partition coefficient (Wildman–Crippen LogP) is 2.60. The molecule has 10 heteroatoms. The predicted molar refractivity (Wildman–Crippen MR) is 150 cm³/mol. The Balaban J connectivity index is 1.89. The van der Waals surface area contributed by atoms with Crippen LogP contribution in [0.1, 0.15) is 42.3 Å². The first-order valence-electron chi connectivity index (χ1n) is 12.6. The second-order valence-electron chi connectivity index (χ2n) is 9.86. The molecule has 3 rings (SSSR count). The molecule has 1 aliphatic heterocycles. The third-order valence-electron chi connectivity index (χ3n) is 6.53. The lowest BCUT2D eigenvalue weighted by Crippen LogP contribution is -2.58. The normalized spacial score (nSPS) is 17.6. The second-order valence-corrected chi connectivity index (χ2v) is 11.5. The van der Waals surface area contributed by atoms with Gasteiger partial charge in [0.2, 0.25) is 5.91 Å². The molecular formula is C29H35N3O6S. The number of aliphatic hydroxyl groups excluding tert-OH is 1. The highest BCUT2D eigenvalue weighted by Gasteiger charge is 2.49. The zero-order chi connectivity index (χ0) is 28.7. The van der Waals surface area contributed by atoms with Crippen LogP contribution in [0.25, 0.3) is 0 Å². The summed E-state index contributed by atoms with van der Waals surface area (Å²) in [7, 11) is 0. The SMILES string of the molecule is C=CCNC(=O)C1N(C(=O)[C@@H](O)[C@H](Cc2ccccc2)NC(=O)c2cccc(OC(C)=O)c2C)CSC1(C)C. The molecule has 0 bridgehead atoms. The third kappa shape index (κ3) is 7.27. The van der Waals surface area contributed by atoms with Crippen LogP contribution in [0.4, 0.5) is 0 Å². The van der Waals surface area contributed by atoms with Crippen molar-refractivity contribution >= 4 is 35.5 Å². The molecule has 2 aromatic carbocycles. The van der Waals surface area contributed by atoms with Crippen LogP contribution in [-0.2, 0) is 20.8 Å². The van der Waals surface area contributed by atoms with E-state index in [1.165, 1.54) is 23.6 Å². The lowest BCUT2D eigenvalue weighted by atomic mass is 9.96. The van der Waals surface area contributed by atoms with Gasteiger partial charge in [0, 0.05) is 29.3 Å². The smallest absolute Gasteiger partial charge is 0.308 e. The van der Waals surface area contributed by atoms with E-state index in [9.17, 15) is 24.3 Å². The fourth-order valence-corrected chi connectivity index (χ4v) is 5.65. The number of carbonyl (C=O) groups is 4. The van der Waals surface area contributed by atoms with Gasteiger partial charge in [0.25, 0.3) is 11.8 Å². The first kappa shape index (κ1) is 29.9. The van der Waals surface area contributed by atoms with E-state index >= 15 is 0 Å². The maximum absolute atomic E-state index is 13.7. The quantitative estimate of drug-likeness (QED) is 0.235. The lowest BCUT2D eigenvalue weighted by molar-refractivity contribution is -0.147. The minimum Gasteiger partial charge on any atom is -0.426 e. The van der Waals surface area contributed by atoms with Crippen molar-refractivity contribution in [3.63, 3.8) is 0 Å². The number of ether oxygens (including phenoxy) is 1. The molecule has 3 N–H and O–H groups in total. The summed E-state index contributed by atoms with van der Waals surface area (Å²) in [6.45, 7) is 10.5. The minimum atomic E-state index is -1.63. The van der Waals surface area contributed by atoms with Gasteiger partial charge in [-0.25, -0.2) is 0 Å².